The number of ether oxygens (including phenoxy) is 1. The van der Waals surface area contributed by atoms with Crippen molar-refractivity contribution in [1.82, 2.24) is 16.0 Å². The molecule has 5 aliphatic rings. The standard InChI is InChI=1S/C49H69N3O7/c1-30(53)40(43(57)59-7)52-42(56)33-15-13-32(14-16-33)29-51-41(55)34-11-8-10-31(28-34)21-27-50-44(58)49-22-9-12-36(49)35-17-18-38-46(4)23-20-39(54)45(2,3)37(46)19-24-48(38,6)47(35,5)25-26-49/h8,10-11,13-16,28,30,35-40,53-54H,9,12,17-27,29H2,1-7H3,(H,50,58)(H,51,55)(H,52,56)/t30-,35?,36?,37?,38?,39?,40?,46?,47+,48?,49?/m0/s1. The number of aliphatic hydroxyl groups is 2. The predicted molar refractivity (Wildman–Crippen MR) is 227 cm³/mol. The van der Waals surface area contributed by atoms with Crippen molar-refractivity contribution in [1.29, 1.82) is 0 Å². The van der Waals surface area contributed by atoms with Gasteiger partial charge in [-0.2, -0.15) is 0 Å². The summed E-state index contributed by atoms with van der Waals surface area (Å²) in [4.78, 5) is 52.2. The van der Waals surface area contributed by atoms with E-state index in [4.69, 9.17) is 0 Å². The minimum absolute atomic E-state index is 0.0506. The van der Waals surface area contributed by atoms with E-state index in [1.807, 2.05) is 18.2 Å². The molecule has 3 amide bonds. The second-order valence-corrected chi connectivity index (χ2v) is 20.5. The van der Waals surface area contributed by atoms with Crippen LogP contribution in [-0.4, -0.2) is 65.8 Å². The van der Waals surface area contributed by atoms with E-state index in [2.05, 4.69) is 55.3 Å². The van der Waals surface area contributed by atoms with Gasteiger partial charge in [-0.25, -0.2) is 4.79 Å². The van der Waals surface area contributed by atoms with Crippen molar-refractivity contribution >= 4 is 23.7 Å². The Morgan fingerprint density at radius 1 is 0.763 bits per heavy atom. The number of carbonyl (C=O) groups excluding carboxylic acids is 4. The molecule has 9 unspecified atom stereocenters. The van der Waals surface area contributed by atoms with Crippen LogP contribution in [0, 0.1) is 50.7 Å². The number of amides is 3. The fourth-order valence-corrected chi connectivity index (χ4v) is 14.1. The van der Waals surface area contributed by atoms with Crippen molar-refractivity contribution < 1.29 is 34.1 Å². The molecule has 11 atom stereocenters. The van der Waals surface area contributed by atoms with Gasteiger partial charge in [0.05, 0.1) is 24.7 Å². The van der Waals surface area contributed by atoms with Gasteiger partial charge in [-0.3, -0.25) is 14.4 Å². The molecule has 2 aromatic carbocycles. The second-order valence-electron chi connectivity index (χ2n) is 20.5. The maximum Gasteiger partial charge on any atom is 0.331 e. The smallest absolute Gasteiger partial charge is 0.331 e. The number of rotatable bonds is 11. The largest absolute Gasteiger partial charge is 0.467 e. The maximum absolute atomic E-state index is 14.4. The highest BCUT2D eigenvalue weighted by atomic mass is 16.5. The molecule has 10 nitrogen and oxygen atoms in total. The maximum atomic E-state index is 14.4. The van der Waals surface area contributed by atoms with E-state index in [0.717, 1.165) is 56.1 Å². The Morgan fingerprint density at radius 3 is 2.22 bits per heavy atom. The number of hydrogen-bond acceptors (Lipinski definition) is 7. The van der Waals surface area contributed by atoms with Crippen molar-refractivity contribution in [2.24, 2.45) is 50.7 Å². The van der Waals surface area contributed by atoms with Crippen LogP contribution in [-0.2, 0) is 27.3 Å². The van der Waals surface area contributed by atoms with Gasteiger partial charge in [-0.15, -0.1) is 0 Å². The SMILES string of the molecule is COC(=O)C(NC(=O)c1ccc(CNC(=O)c2cccc(CCNC(=O)C34CCCC3C3CCC5C6(C)CCC(O)C(C)(C)C6CCC5(C)[C@]3(C)CC4)c2)cc1)[C@H](C)O. The fraction of sp³-hybridized carbons (Fsp3) is 0.673. The molecule has 0 heterocycles. The Kier molecular flexibility index (Phi) is 11.9. The van der Waals surface area contributed by atoms with Crippen LogP contribution in [0.5, 0.6) is 0 Å². The van der Waals surface area contributed by atoms with E-state index < -0.39 is 24.0 Å². The molecule has 0 saturated heterocycles. The van der Waals surface area contributed by atoms with Crippen molar-refractivity contribution in [3.8, 4) is 0 Å². The zero-order valence-electron chi connectivity index (χ0n) is 36.5. The highest BCUT2D eigenvalue weighted by molar-refractivity contribution is 5.97. The topological polar surface area (TPSA) is 154 Å². The molecule has 0 aliphatic heterocycles. The number of methoxy groups -OCH3 is 1. The van der Waals surface area contributed by atoms with Crippen molar-refractivity contribution in [2.75, 3.05) is 13.7 Å². The van der Waals surface area contributed by atoms with Crippen molar-refractivity contribution in [2.45, 2.75) is 143 Å². The van der Waals surface area contributed by atoms with Gasteiger partial charge in [-0.05, 0) is 158 Å². The number of fused-ring (bicyclic) bond motifs is 7. The lowest BCUT2D eigenvalue weighted by molar-refractivity contribution is -0.244. The molecule has 5 aliphatic carbocycles. The first-order valence-electron chi connectivity index (χ1n) is 22.4. The van der Waals surface area contributed by atoms with Crippen LogP contribution in [0.2, 0.25) is 0 Å². The predicted octanol–water partition coefficient (Wildman–Crippen LogP) is 7.14. The molecular formula is C49H69N3O7. The summed E-state index contributed by atoms with van der Waals surface area (Å²) in [5.41, 5.74) is 2.97. The highest BCUT2D eigenvalue weighted by Gasteiger charge is 2.70. The van der Waals surface area contributed by atoms with E-state index in [1.165, 1.54) is 39.7 Å². The minimum Gasteiger partial charge on any atom is -0.467 e. The van der Waals surface area contributed by atoms with Crippen LogP contribution in [0.15, 0.2) is 48.5 Å². The molecule has 0 radical (unpaired) electrons. The molecule has 10 heteroatoms. The third-order valence-electron chi connectivity index (χ3n) is 17.6. The lowest BCUT2D eigenvalue weighted by Crippen LogP contribution is -2.67. The van der Waals surface area contributed by atoms with Gasteiger partial charge in [0, 0.05) is 24.2 Å². The molecule has 2 aromatic rings. The summed E-state index contributed by atoms with van der Waals surface area (Å²) in [6.45, 7) is 14.6. The summed E-state index contributed by atoms with van der Waals surface area (Å²) < 4.78 is 4.67. The molecule has 7 rings (SSSR count). The third kappa shape index (κ3) is 7.42. The van der Waals surface area contributed by atoms with E-state index in [0.29, 0.717) is 47.8 Å². The van der Waals surface area contributed by atoms with Gasteiger partial charge in [0.25, 0.3) is 11.8 Å². The number of esters is 1. The van der Waals surface area contributed by atoms with Crippen LogP contribution in [0.3, 0.4) is 0 Å². The summed E-state index contributed by atoms with van der Waals surface area (Å²) in [5.74, 6) is 0.936. The minimum atomic E-state index is -1.18. The molecule has 59 heavy (non-hydrogen) atoms. The Balaban J connectivity index is 0.934. The van der Waals surface area contributed by atoms with Crippen LogP contribution < -0.4 is 16.0 Å². The van der Waals surface area contributed by atoms with Gasteiger partial charge in [0.15, 0.2) is 6.04 Å². The Bertz CT molecular complexity index is 1910. The zero-order chi connectivity index (χ0) is 42.5. The van der Waals surface area contributed by atoms with Gasteiger partial charge >= 0.3 is 5.97 Å². The number of nitrogens with one attached hydrogen (secondary N) is 3. The summed E-state index contributed by atoms with van der Waals surface area (Å²) >= 11 is 0. The monoisotopic (exact) mass is 812 g/mol. The van der Waals surface area contributed by atoms with E-state index in [9.17, 15) is 29.4 Å². The molecular weight excluding hydrogens is 743 g/mol. The number of carbonyl (C=O) groups is 4. The van der Waals surface area contributed by atoms with Crippen LogP contribution in [0.25, 0.3) is 0 Å². The molecule has 5 fully saturated rings. The first-order chi connectivity index (χ1) is 27.9. The summed E-state index contributed by atoms with van der Waals surface area (Å²) in [6, 6.07) is 13.0. The van der Waals surface area contributed by atoms with Gasteiger partial charge < -0.3 is 30.9 Å². The molecule has 0 aromatic heterocycles. The molecule has 0 spiro atoms. The lowest BCUT2D eigenvalue weighted by Gasteiger charge is -2.72. The van der Waals surface area contributed by atoms with E-state index >= 15 is 0 Å². The Labute approximate surface area is 351 Å². The van der Waals surface area contributed by atoms with Gasteiger partial charge in [0.2, 0.25) is 5.91 Å². The fourth-order valence-electron chi connectivity index (χ4n) is 14.1. The van der Waals surface area contributed by atoms with Crippen LogP contribution >= 0.6 is 0 Å². The number of aliphatic hydroxyl groups excluding tert-OH is 2. The summed E-state index contributed by atoms with van der Waals surface area (Å²) in [6.07, 6.45) is 11.5. The van der Waals surface area contributed by atoms with Crippen LogP contribution in [0.4, 0.5) is 0 Å². The normalized spacial score (nSPS) is 35.4. The third-order valence-corrected chi connectivity index (χ3v) is 17.6. The average molecular weight is 812 g/mol. The highest BCUT2D eigenvalue weighted by Crippen LogP contribution is 2.76. The van der Waals surface area contributed by atoms with Crippen LogP contribution in [0.1, 0.15) is 144 Å². The number of hydrogen-bond donors (Lipinski definition) is 5. The molecule has 0 bridgehead atoms. The quantitative estimate of drug-likeness (QED) is 0.151. The Hall–Kier alpha value is -3.76. The van der Waals surface area contributed by atoms with E-state index in [-0.39, 0.29) is 51.5 Å². The van der Waals surface area contributed by atoms with Crippen molar-refractivity contribution in [3.63, 3.8) is 0 Å². The summed E-state index contributed by atoms with van der Waals surface area (Å²) in [7, 11) is 1.19. The molecule has 322 valence electrons. The Morgan fingerprint density at radius 2 is 1.51 bits per heavy atom. The number of benzene rings is 2. The molecule has 5 N–H and O–H groups in total. The first kappa shape index (κ1) is 43.3. The zero-order valence-corrected chi connectivity index (χ0v) is 36.5. The van der Waals surface area contributed by atoms with Gasteiger partial charge in [-0.1, -0.05) is 65.3 Å². The lowest BCUT2D eigenvalue weighted by atomic mass is 9.32. The first-order valence-corrected chi connectivity index (χ1v) is 22.4. The second kappa shape index (κ2) is 16.3. The van der Waals surface area contributed by atoms with Crippen molar-refractivity contribution in [3.05, 3.63) is 70.8 Å². The average Bonchev–Trinajstić information content (AvgIpc) is 3.66. The molecule has 5 saturated carbocycles. The van der Waals surface area contributed by atoms with Gasteiger partial charge in [0.1, 0.15) is 0 Å². The summed E-state index contributed by atoms with van der Waals surface area (Å²) in [5, 5.41) is 29.8. The van der Waals surface area contributed by atoms with E-state index in [1.54, 1.807) is 30.3 Å².